The van der Waals surface area contributed by atoms with Crippen molar-refractivity contribution in [3.63, 3.8) is 0 Å². The summed E-state index contributed by atoms with van der Waals surface area (Å²) in [6.45, 7) is 8.19. The highest BCUT2D eigenvalue weighted by molar-refractivity contribution is 6.18. The second-order valence-electron chi connectivity index (χ2n) is 7.16. The van der Waals surface area contributed by atoms with Gasteiger partial charge in [0.15, 0.2) is 0 Å². The average Bonchev–Trinajstić information content (AvgIpc) is 2.75. The second kappa shape index (κ2) is 8.80. The van der Waals surface area contributed by atoms with Crippen LogP contribution in [0.4, 0.5) is 11.5 Å². The van der Waals surface area contributed by atoms with Gasteiger partial charge in [-0.1, -0.05) is 36.4 Å². The maximum absolute atomic E-state index is 5.88. The molecule has 4 nitrogen and oxygen atoms in total. The molecular weight excluding hydrogens is 368 g/mol. The Morgan fingerprint density at radius 3 is 2.46 bits per heavy atom. The zero-order valence-corrected chi connectivity index (χ0v) is 17.1. The number of hydrogen-bond donors (Lipinski definition) is 1. The summed E-state index contributed by atoms with van der Waals surface area (Å²) in [6, 6.07) is 17.4. The Hall–Kier alpha value is -2.30. The maximum atomic E-state index is 5.88. The molecule has 0 bridgehead atoms. The molecule has 28 heavy (non-hydrogen) atoms. The van der Waals surface area contributed by atoms with Gasteiger partial charge in [-0.3, -0.25) is 4.90 Å². The summed E-state index contributed by atoms with van der Waals surface area (Å²) < 4.78 is 0. The first-order valence-corrected chi connectivity index (χ1v) is 10.6. The molecule has 1 saturated heterocycles. The van der Waals surface area contributed by atoms with Crippen LogP contribution in [0.25, 0.3) is 21.9 Å². The van der Waals surface area contributed by atoms with E-state index in [1.807, 2.05) is 6.20 Å². The van der Waals surface area contributed by atoms with Gasteiger partial charge in [0.05, 0.1) is 0 Å². The molecular formula is C23H27ClN4. The number of pyridine rings is 1. The molecule has 2 heterocycles. The molecule has 1 aliphatic heterocycles. The molecule has 4 rings (SSSR count). The largest absolute Gasteiger partial charge is 0.370 e. The van der Waals surface area contributed by atoms with Crippen molar-refractivity contribution in [2.75, 3.05) is 55.4 Å². The fourth-order valence-electron chi connectivity index (χ4n) is 3.95. The van der Waals surface area contributed by atoms with Crippen LogP contribution in [0.15, 0.2) is 54.7 Å². The van der Waals surface area contributed by atoms with Crippen LogP contribution >= 0.6 is 11.6 Å². The van der Waals surface area contributed by atoms with Crippen molar-refractivity contribution in [2.45, 2.75) is 6.92 Å². The molecule has 0 amide bonds. The van der Waals surface area contributed by atoms with E-state index in [-0.39, 0.29) is 0 Å². The van der Waals surface area contributed by atoms with E-state index < -0.39 is 0 Å². The summed E-state index contributed by atoms with van der Waals surface area (Å²) in [6.07, 6.45) is 1.95. The summed E-state index contributed by atoms with van der Waals surface area (Å²) in [7, 11) is 0. The normalized spacial score (nSPS) is 15.1. The first-order chi connectivity index (χ1) is 13.8. The van der Waals surface area contributed by atoms with Crippen LogP contribution in [0.2, 0.25) is 0 Å². The van der Waals surface area contributed by atoms with Crippen molar-refractivity contribution in [3.05, 3.63) is 54.7 Å². The van der Waals surface area contributed by atoms with Gasteiger partial charge in [0.1, 0.15) is 5.82 Å². The standard InChI is InChI=1S/C23H27ClN4/c1-2-25-23-22(21-6-4-3-5-19(21)17-26-23)18-7-9-20(10-8-18)28-15-13-27(12-11-24)14-16-28/h3-10,17H,2,11-16H2,1H3,(H,25,26). The SMILES string of the molecule is CCNc1ncc2ccccc2c1-c1ccc(N2CCN(CCCl)CC2)cc1. The van der Waals surface area contributed by atoms with E-state index in [0.29, 0.717) is 5.88 Å². The van der Waals surface area contributed by atoms with Gasteiger partial charge >= 0.3 is 0 Å². The smallest absolute Gasteiger partial charge is 0.134 e. The third-order valence-electron chi connectivity index (χ3n) is 5.44. The van der Waals surface area contributed by atoms with Gasteiger partial charge in [-0.15, -0.1) is 11.6 Å². The van der Waals surface area contributed by atoms with Crippen LogP contribution in [0.1, 0.15) is 6.92 Å². The van der Waals surface area contributed by atoms with Crippen molar-refractivity contribution in [1.29, 1.82) is 0 Å². The van der Waals surface area contributed by atoms with E-state index in [4.69, 9.17) is 11.6 Å². The molecule has 0 saturated carbocycles. The van der Waals surface area contributed by atoms with Crippen LogP contribution in [0.5, 0.6) is 0 Å². The Balaban J connectivity index is 1.62. The van der Waals surface area contributed by atoms with E-state index >= 15 is 0 Å². The Morgan fingerprint density at radius 1 is 1.00 bits per heavy atom. The summed E-state index contributed by atoms with van der Waals surface area (Å²) in [5.41, 5.74) is 3.66. The predicted octanol–water partition coefficient (Wildman–Crippen LogP) is 4.69. The van der Waals surface area contributed by atoms with Crippen molar-refractivity contribution < 1.29 is 0 Å². The van der Waals surface area contributed by atoms with E-state index in [1.165, 1.54) is 27.6 Å². The summed E-state index contributed by atoms with van der Waals surface area (Å²) >= 11 is 5.88. The number of benzene rings is 2. The number of piperazine rings is 1. The lowest BCUT2D eigenvalue weighted by Gasteiger charge is -2.35. The number of fused-ring (bicyclic) bond motifs is 1. The minimum absolute atomic E-state index is 0.710. The summed E-state index contributed by atoms with van der Waals surface area (Å²) in [5.74, 6) is 1.66. The Bertz CT molecular complexity index is 918. The van der Waals surface area contributed by atoms with Gasteiger partial charge < -0.3 is 10.2 Å². The molecule has 5 heteroatoms. The van der Waals surface area contributed by atoms with Crippen molar-refractivity contribution >= 4 is 33.9 Å². The number of rotatable bonds is 6. The molecule has 1 fully saturated rings. The molecule has 2 aromatic carbocycles. The maximum Gasteiger partial charge on any atom is 0.134 e. The summed E-state index contributed by atoms with van der Waals surface area (Å²) in [5, 5.41) is 5.82. The van der Waals surface area contributed by atoms with E-state index in [1.54, 1.807) is 0 Å². The third-order valence-corrected chi connectivity index (χ3v) is 5.61. The molecule has 0 atom stereocenters. The van der Waals surface area contributed by atoms with Crippen molar-refractivity contribution in [3.8, 4) is 11.1 Å². The van der Waals surface area contributed by atoms with Gasteiger partial charge in [-0.2, -0.15) is 0 Å². The first-order valence-electron chi connectivity index (χ1n) is 10.1. The first kappa shape index (κ1) is 19.0. The molecule has 1 N–H and O–H groups in total. The highest BCUT2D eigenvalue weighted by Crippen LogP contribution is 2.35. The van der Waals surface area contributed by atoms with E-state index in [0.717, 1.165) is 45.1 Å². The van der Waals surface area contributed by atoms with Gasteiger partial charge in [-0.25, -0.2) is 4.98 Å². The lowest BCUT2D eigenvalue weighted by molar-refractivity contribution is 0.272. The molecule has 0 spiro atoms. The lowest BCUT2D eigenvalue weighted by atomic mass is 9.99. The van der Waals surface area contributed by atoms with Crippen LogP contribution in [-0.2, 0) is 0 Å². The predicted molar refractivity (Wildman–Crippen MR) is 121 cm³/mol. The second-order valence-corrected chi connectivity index (χ2v) is 7.54. The average molecular weight is 395 g/mol. The topological polar surface area (TPSA) is 31.4 Å². The van der Waals surface area contributed by atoms with E-state index in [9.17, 15) is 0 Å². The number of halogens is 1. The van der Waals surface area contributed by atoms with Gasteiger partial charge in [-0.05, 0) is 30.0 Å². The van der Waals surface area contributed by atoms with Crippen molar-refractivity contribution in [1.82, 2.24) is 9.88 Å². The van der Waals surface area contributed by atoms with E-state index in [2.05, 4.69) is 75.6 Å². The third kappa shape index (κ3) is 3.94. The molecule has 0 radical (unpaired) electrons. The van der Waals surface area contributed by atoms with Crippen LogP contribution in [0.3, 0.4) is 0 Å². The number of nitrogens with zero attached hydrogens (tertiary/aromatic N) is 3. The van der Waals surface area contributed by atoms with Crippen molar-refractivity contribution in [2.24, 2.45) is 0 Å². The fourth-order valence-corrected chi connectivity index (χ4v) is 4.18. The summed E-state index contributed by atoms with van der Waals surface area (Å²) in [4.78, 5) is 9.57. The minimum atomic E-state index is 0.710. The minimum Gasteiger partial charge on any atom is -0.370 e. The number of nitrogens with one attached hydrogen (secondary N) is 1. The Labute approximate surface area is 172 Å². The van der Waals surface area contributed by atoms with Gasteiger partial charge in [0, 0.05) is 68.0 Å². The molecule has 1 aromatic heterocycles. The number of hydrogen-bond acceptors (Lipinski definition) is 4. The highest BCUT2D eigenvalue weighted by Gasteiger charge is 2.17. The van der Waals surface area contributed by atoms with Crippen LogP contribution in [0, 0.1) is 0 Å². The molecule has 1 aliphatic rings. The lowest BCUT2D eigenvalue weighted by Crippen LogP contribution is -2.46. The number of anilines is 2. The molecule has 0 unspecified atom stereocenters. The zero-order valence-electron chi connectivity index (χ0n) is 16.4. The van der Waals surface area contributed by atoms with Crippen LogP contribution in [-0.4, -0.2) is 55.0 Å². The quantitative estimate of drug-likeness (QED) is 0.614. The fraction of sp³-hybridized carbons (Fsp3) is 0.348. The van der Waals surface area contributed by atoms with Crippen LogP contribution < -0.4 is 10.2 Å². The molecule has 146 valence electrons. The highest BCUT2D eigenvalue weighted by atomic mass is 35.5. The van der Waals surface area contributed by atoms with Gasteiger partial charge in [0.2, 0.25) is 0 Å². The number of alkyl halides is 1. The monoisotopic (exact) mass is 394 g/mol. The Morgan fingerprint density at radius 2 is 1.75 bits per heavy atom. The molecule has 3 aromatic rings. The molecule has 0 aliphatic carbocycles. The zero-order chi connectivity index (χ0) is 19.3. The Kier molecular flexibility index (Phi) is 5.98. The van der Waals surface area contributed by atoms with Gasteiger partial charge in [0.25, 0.3) is 0 Å². The number of aromatic nitrogens is 1.